The Hall–Kier alpha value is -1.09. The number of nitrogens with two attached hydrogens (primary N) is 1. The van der Waals surface area contributed by atoms with Crippen LogP contribution in [0.1, 0.15) is 40.3 Å². The molecule has 1 aromatic rings. The second-order valence-corrected chi connectivity index (χ2v) is 4.36. The summed E-state index contributed by atoms with van der Waals surface area (Å²) >= 11 is 0. The fraction of sp³-hybridized carbons (Fsp3) is 0.583. The molecule has 3 heteroatoms. The highest BCUT2D eigenvalue weighted by Crippen LogP contribution is 2.32. The Balaban J connectivity index is 2.32. The maximum atomic E-state index is 11.9. The van der Waals surface area contributed by atoms with Crippen LogP contribution >= 0.6 is 0 Å². The topological polar surface area (TPSA) is 56.2 Å². The normalized spacial score (nSPS) is 20.5. The van der Waals surface area contributed by atoms with E-state index < -0.39 is 0 Å². The number of aryl methyl sites for hydroxylation is 1. The van der Waals surface area contributed by atoms with E-state index in [4.69, 9.17) is 10.2 Å². The van der Waals surface area contributed by atoms with Crippen LogP contribution in [0.15, 0.2) is 4.42 Å². The van der Waals surface area contributed by atoms with Crippen LogP contribution in [0.25, 0.3) is 0 Å². The predicted molar refractivity (Wildman–Crippen MR) is 58.0 cm³/mol. The molecule has 1 aromatic heterocycles. The van der Waals surface area contributed by atoms with E-state index in [0.717, 1.165) is 35.5 Å². The molecule has 3 nitrogen and oxygen atoms in total. The molecule has 1 heterocycles. The number of ketones is 1. The molecule has 2 rings (SSSR count). The van der Waals surface area contributed by atoms with Gasteiger partial charge in [-0.15, -0.1) is 0 Å². The van der Waals surface area contributed by atoms with E-state index in [1.165, 1.54) is 0 Å². The van der Waals surface area contributed by atoms with Crippen molar-refractivity contribution in [1.82, 2.24) is 0 Å². The maximum Gasteiger partial charge on any atom is 0.166 e. The Morgan fingerprint density at radius 1 is 1.40 bits per heavy atom. The second kappa shape index (κ2) is 3.81. The molecule has 0 saturated carbocycles. The monoisotopic (exact) mass is 207 g/mol. The molecule has 0 aliphatic heterocycles. The Morgan fingerprint density at radius 3 is 2.80 bits per heavy atom. The molecule has 0 spiro atoms. The first-order chi connectivity index (χ1) is 7.13. The average molecular weight is 207 g/mol. The van der Waals surface area contributed by atoms with Crippen molar-refractivity contribution in [3.05, 3.63) is 22.6 Å². The van der Waals surface area contributed by atoms with Gasteiger partial charge in [0.2, 0.25) is 0 Å². The Bertz CT molecular complexity index is 393. The Labute approximate surface area is 89.6 Å². The summed E-state index contributed by atoms with van der Waals surface area (Å²) in [6, 6.07) is 0. The molecule has 0 fully saturated rings. The summed E-state index contributed by atoms with van der Waals surface area (Å²) in [4.78, 5) is 11.9. The van der Waals surface area contributed by atoms with Crippen molar-refractivity contribution in [2.24, 2.45) is 11.7 Å². The van der Waals surface area contributed by atoms with Crippen LogP contribution in [0.4, 0.5) is 0 Å². The van der Waals surface area contributed by atoms with Crippen LogP contribution in [0.3, 0.4) is 0 Å². The number of hydrogen-bond donors (Lipinski definition) is 1. The molecule has 0 radical (unpaired) electrons. The average Bonchev–Trinajstić information content (AvgIpc) is 2.43. The standard InChI is InChI=1S/C12H17NO2/c1-7-8(2)15-11-6-9(3-4-13)5-10(14)12(7)11/h9H,3-6,13H2,1-2H3. The van der Waals surface area contributed by atoms with Gasteiger partial charge in [0.1, 0.15) is 11.5 Å². The first-order valence-corrected chi connectivity index (χ1v) is 5.45. The predicted octanol–water partition coefficient (Wildman–Crippen LogP) is 1.99. The van der Waals surface area contributed by atoms with Gasteiger partial charge in [-0.2, -0.15) is 0 Å². The van der Waals surface area contributed by atoms with Gasteiger partial charge in [0, 0.05) is 18.4 Å². The molecule has 1 aliphatic rings. The van der Waals surface area contributed by atoms with Gasteiger partial charge in [-0.05, 0) is 32.7 Å². The molecule has 1 unspecified atom stereocenters. The van der Waals surface area contributed by atoms with Gasteiger partial charge in [-0.3, -0.25) is 4.79 Å². The minimum atomic E-state index is 0.226. The number of Topliss-reactive ketones (excluding diaryl/α,β-unsaturated/α-hetero) is 1. The maximum absolute atomic E-state index is 11.9. The third kappa shape index (κ3) is 1.72. The molecule has 1 atom stereocenters. The van der Waals surface area contributed by atoms with Crippen LogP contribution in [0.2, 0.25) is 0 Å². The first kappa shape index (κ1) is 10.4. The largest absolute Gasteiger partial charge is 0.465 e. The van der Waals surface area contributed by atoms with E-state index in [-0.39, 0.29) is 5.78 Å². The fourth-order valence-electron chi connectivity index (χ4n) is 2.34. The van der Waals surface area contributed by atoms with Crippen LogP contribution in [0, 0.1) is 19.8 Å². The summed E-state index contributed by atoms with van der Waals surface area (Å²) in [6.07, 6.45) is 2.40. The van der Waals surface area contributed by atoms with Crippen molar-refractivity contribution in [3.8, 4) is 0 Å². The fourth-order valence-corrected chi connectivity index (χ4v) is 2.34. The molecule has 1 aliphatic carbocycles. The van der Waals surface area contributed by atoms with E-state index in [0.29, 0.717) is 18.9 Å². The lowest BCUT2D eigenvalue weighted by molar-refractivity contribution is 0.0941. The molecular formula is C12H17NO2. The molecule has 15 heavy (non-hydrogen) atoms. The van der Waals surface area contributed by atoms with Crippen LogP contribution < -0.4 is 5.73 Å². The summed E-state index contributed by atoms with van der Waals surface area (Å²) < 4.78 is 5.62. The van der Waals surface area contributed by atoms with Crippen molar-refractivity contribution in [1.29, 1.82) is 0 Å². The molecule has 0 amide bonds. The third-order valence-electron chi connectivity index (χ3n) is 3.26. The van der Waals surface area contributed by atoms with Crippen molar-refractivity contribution < 1.29 is 9.21 Å². The molecule has 2 N–H and O–H groups in total. The summed E-state index contributed by atoms with van der Waals surface area (Å²) in [5.74, 6) is 2.35. The quantitative estimate of drug-likeness (QED) is 0.806. The number of carbonyl (C=O) groups is 1. The van der Waals surface area contributed by atoms with Gasteiger partial charge < -0.3 is 10.2 Å². The first-order valence-electron chi connectivity index (χ1n) is 5.45. The summed E-state index contributed by atoms with van der Waals surface area (Å²) in [6.45, 7) is 4.52. The van der Waals surface area contributed by atoms with E-state index in [2.05, 4.69) is 0 Å². The number of fused-ring (bicyclic) bond motifs is 1. The van der Waals surface area contributed by atoms with Crippen molar-refractivity contribution in [3.63, 3.8) is 0 Å². The zero-order valence-electron chi connectivity index (χ0n) is 9.30. The molecule has 0 bridgehead atoms. The Morgan fingerprint density at radius 2 is 2.13 bits per heavy atom. The zero-order chi connectivity index (χ0) is 11.0. The van der Waals surface area contributed by atoms with E-state index in [1.807, 2.05) is 13.8 Å². The van der Waals surface area contributed by atoms with Gasteiger partial charge in [0.15, 0.2) is 5.78 Å². The number of hydrogen-bond acceptors (Lipinski definition) is 3. The number of rotatable bonds is 2. The van der Waals surface area contributed by atoms with Gasteiger partial charge in [0.05, 0.1) is 5.56 Å². The van der Waals surface area contributed by atoms with Crippen LogP contribution in [-0.2, 0) is 6.42 Å². The van der Waals surface area contributed by atoms with E-state index >= 15 is 0 Å². The highest BCUT2D eigenvalue weighted by molar-refractivity contribution is 5.99. The van der Waals surface area contributed by atoms with Crippen molar-refractivity contribution in [2.75, 3.05) is 6.54 Å². The van der Waals surface area contributed by atoms with Gasteiger partial charge in [0.25, 0.3) is 0 Å². The smallest absolute Gasteiger partial charge is 0.166 e. The minimum Gasteiger partial charge on any atom is -0.465 e. The van der Waals surface area contributed by atoms with E-state index in [9.17, 15) is 4.79 Å². The number of furan rings is 1. The minimum absolute atomic E-state index is 0.226. The SMILES string of the molecule is Cc1oc2c(c1C)C(=O)CC(CCN)C2. The van der Waals surface area contributed by atoms with Crippen LogP contribution in [0.5, 0.6) is 0 Å². The highest BCUT2D eigenvalue weighted by atomic mass is 16.3. The van der Waals surface area contributed by atoms with Crippen LogP contribution in [-0.4, -0.2) is 12.3 Å². The molecule has 0 aromatic carbocycles. The lowest BCUT2D eigenvalue weighted by Gasteiger charge is -2.19. The second-order valence-electron chi connectivity index (χ2n) is 4.36. The van der Waals surface area contributed by atoms with E-state index in [1.54, 1.807) is 0 Å². The van der Waals surface area contributed by atoms with Crippen molar-refractivity contribution in [2.45, 2.75) is 33.1 Å². The van der Waals surface area contributed by atoms with Gasteiger partial charge in [-0.25, -0.2) is 0 Å². The lowest BCUT2D eigenvalue weighted by Crippen LogP contribution is -2.21. The summed E-state index contributed by atoms with van der Waals surface area (Å²) in [5.41, 5.74) is 7.37. The van der Waals surface area contributed by atoms with Gasteiger partial charge >= 0.3 is 0 Å². The zero-order valence-corrected chi connectivity index (χ0v) is 9.30. The third-order valence-corrected chi connectivity index (χ3v) is 3.26. The molecule has 0 saturated heterocycles. The molecular weight excluding hydrogens is 190 g/mol. The lowest BCUT2D eigenvalue weighted by atomic mass is 9.84. The summed E-state index contributed by atoms with van der Waals surface area (Å²) in [7, 11) is 0. The number of carbonyl (C=O) groups excluding carboxylic acids is 1. The highest BCUT2D eigenvalue weighted by Gasteiger charge is 2.30. The molecule has 82 valence electrons. The Kier molecular flexibility index (Phi) is 2.65. The van der Waals surface area contributed by atoms with Gasteiger partial charge in [-0.1, -0.05) is 0 Å². The van der Waals surface area contributed by atoms with Crippen molar-refractivity contribution >= 4 is 5.78 Å². The summed E-state index contributed by atoms with van der Waals surface area (Å²) in [5, 5.41) is 0.